The molecule has 0 unspecified atom stereocenters. The van der Waals surface area contributed by atoms with Crippen LogP contribution in [-0.4, -0.2) is 36.9 Å². The summed E-state index contributed by atoms with van der Waals surface area (Å²) in [6.07, 6.45) is 2.83. The fourth-order valence-corrected chi connectivity index (χ4v) is 3.54. The first-order valence-corrected chi connectivity index (χ1v) is 7.85. The molecule has 0 bridgehead atoms. The van der Waals surface area contributed by atoms with Gasteiger partial charge in [0, 0.05) is 6.04 Å². The summed E-state index contributed by atoms with van der Waals surface area (Å²) in [6.45, 7) is 3.99. The van der Waals surface area contributed by atoms with E-state index in [1.165, 1.54) is 0 Å². The van der Waals surface area contributed by atoms with Gasteiger partial charge in [-0.05, 0) is 37.8 Å². The second-order valence-corrected chi connectivity index (χ2v) is 6.18. The second-order valence-electron chi connectivity index (χ2n) is 5.84. The zero-order valence-corrected chi connectivity index (χ0v) is 13.1. The number of halogens is 2. The van der Waals surface area contributed by atoms with E-state index in [-0.39, 0.29) is 17.4 Å². The number of rotatable bonds is 2. The lowest BCUT2D eigenvalue weighted by atomic mass is 9.87. The number of hydrogen-bond donors (Lipinski definition) is 0. The topological polar surface area (TPSA) is 59.7 Å². The van der Waals surface area contributed by atoms with Crippen molar-refractivity contribution in [2.75, 3.05) is 4.90 Å². The number of nitrogens with zero attached hydrogens (tertiary/aromatic N) is 6. The number of fused-ring (bicyclic) bond motifs is 3. The van der Waals surface area contributed by atoms with Gasteiger partial charge in [-0.2, -0.15) is 4.98 Å². The third kappa shape index (κ3) is 1.84. The molecule has 1 atom stereocenters. The Kier molecular flexibility index (Phi) is 3.07. The van der Waals surface area contributed by atoms with Crippen molar-refractivity contribution in [1.82, 2.24) is 24.7 Å². The largest absolute Gasteiger partial charge is 0.341 e. The Hall–Kier alpha value is -1.76. The Morgan fingerprint density at radius 1 is 1.36 bits per heavy atom. The van der Waals surface area contributed by atoms with Crippen molar-refractivity contribution in [2.24, 2.45) is 0 Å². The van der Waals surface area contributed by atoms with Gasteiger partial charge < -0.3 is 4.90 Å². The lowest BCUT2D eigenvalue weighted by Crippen LogP contribution is -2.50. The summed E-state index contributed by atoms with van der Waals surface area (Å²) in [4.78, 5) is 10.7. The van der Waals surface area contributed by atoms with Gasteiger partial charge in [-0.25, -0.2) is 9.37 Å². The highest BCUT2D eigenvalue weighted by Crippen LogP contribution is 2.44. The molecule has 4 rings (SSSR count). The normalized spacial score (nSPS) is 26.4. The van der Waals surface area contributed by atoms with E-state index >= 15 is 0 Å². The van der Waals surface area contributed by atoms with Crippen molar-refractivity contribution in [1.29, 1.82) is 0 Å². The van der Waals surface area contributed by atoms with Gasteiger partial charge in [0.1, 0.15) is 17.7 Å². The zero-order valence-electron chi connectivity index (χ0n) is 12.4. The maximum Gasteiger partial charge on any atom is 0.224 e. The molecule has 2 aromatic rings. The van der Waals surface area contributed by atoms with Crippen LogP contribution >= 0.6 is 11.6 Å². The van der Waals surface area contributed by atoms with Gasteiger partial charge in [-0.3, -0.25) is 4.57 Å². The van der Waals surface area contributed by atoms with Crippen LogP contribution < -0.4 is 4.90 Å². The molecule has 1 aliphatic heterocycles. The minimum atomic E-state index is -0.732. The van der Waals surface area contributed by atoms with E-state index in [1.807, 2.05) is 11.5 Å². The molecule has 6 nitrogen and oxygen atoms in total. The average molecular weight is 323 g/mol. The van der Waals surface area contributed by atoms with Crippen molar-refractivity contribution < 1.29 is 4.39 Å². The molecule has 2 aromatic heterocycles. The molecular weight excluding hydrogens is 307 g/mol. The first-order valence-electron chi connectivity index (χ1n) is 7.47. The van der Waals surface area contributed by atoms with E-state index in [9.17, 15) is 4.39 Å². The highest BCUT2D eigenvalue weighted by atomic mass is 35.5. The Morgan fingerprint density at radius 3 is 2.82 bits per heavy atom. The summed E-state index contributed by atoms with van der Waals surface area (Å²) in [6, 6.07) is 0.146. The summed E-state index contributed by atoms with van der Waals surface area (Å²) >= 11 is 6.00. The van der Waals surface area contributed by atoms with Crippen LogP contribution in [0.2, 0.25) is 5.28 Å². The quantitative estimate of drug-likeness (QED) is 0.796. The Bertz CT molecular complexity index is 726. The molecular formula is C14H16ClFN6. The fraction of sp³-hybridized carbons (Fsp3) is 0.571. The fourth-order valence-electron chi connectivity index (χ4n) is 3.41. The lowest BCUT2D eigenvalue weighted by molar-refractivity contribution is 0.164. The number of aromatic nitrogens is 5. The molecule has 22 heavy (non-hydrogen) atoms. The van der Waals surface area contributed by atoms with Gasteiger partial charge in [0.25, 0.3) is 0 Å². The first-order chi connectivity index (χ1) is 10.6. The molecule has 0 radical (unpaired) electrons. The van der Waals surface area contributed by atoms with Crippen molar-refractivity contribution in [3.05, 3.63) is 23.1 Å². The van der Waals surface area contributed by atoms with E-state index in [4.69, 9.17) is 11.6 Å². The average Bonchev–Trinajstić information content (AvgIpc) is 2.85. The standard InChI is InChI=1S/C14H16ClFN6/c1-3-10-13-20-19-7(2)21(13)11-6-17-14(15)18-12(11)22(10)9-4-8(16)5-9/h6,8-10H,3-5H2,1-2H3/t8?,9?,10-/m1/s1. The molecule has 1 aliphatic carbocycles. The number of aryl methyl sites for hydroxylation is 1. The predicted molar refractivity (Wildman–Crippen MR) is 80.1 cm³/mol. The summed E-state index contributed by atoms with van der Waals surface area (Å²) < 4.78 is 15.4. The van der Waals surface area contributed by atoms with Gasteiger partial charge in [0.05, 0.1) is 12.2 Å². The molecule has 116 valence electrons. The molecule has 2 aliphatic rings. The van der Waals surface area contributed by atoms with Gasteiger partial charge in [-0.1, -0.05) is 6.92 Å². The van der Waals surface area contributed by atoms with Crippen molar-refractivity contribution in [3.8, 4) is 5.69 Å². The van der Waals surface area contributed by atoms with Crippen LogP contribution in [0.25, 0.3) is 5.69 Å². The molecule has 0 N–H and O–H groups in total. The molecule has 3 heterocycles. The third-order valence-electron chi connectivity index (χ3n) is 4.53. The molecule has 1 saturated carbocycles. The molecule has 0 saturated heterocycles. The van der Waals surface area contributed by atoms with Crippen LogP contribution in [0.1, 0.15) is 43.9 Å². The SMILES string of the molecule is CC[C@@H]1c2nnc(C)n2-c2cnc(Cl)nc2N1C1CC(F)C1. The minimum absolute atomic E-state index is 0.0252. The minimum Gasteiger partial charge on any atom is -0.341 e. The highest BCUT2D eigenvalue weighted by molar-refractivity contribution is 6.28. The van der Waals surface area contributed by atoms with Crippen LogP contribution in [0.4, 0.5) is 10.2 Å². The predicted octanol–water partition coefficient (Wildman–Crippen LogP) is 2.79. The van der Waals surface area contributed by atoms with Crippen molar-refractivity contribution in [2.45, 2.75) is 51.4 Å². The van der Waals surface area contributed by atoms with Crippen molar-refractivity contribution in [3.63, 3.8) is 0 Å². The van der Waals surface area contributed by atoms with Crippen LogP contribution in [0.3, 0.4) is 0 Å². The van der Waals surface area contributed by atoms with Gasteiger partial charge in [0.2, 0.25) is 5.28 Å². The van der Waals surface area contributed by atoms with Crippen LogP contribution in [0.5, 0.6) is 0 Å². The number of hydrogen-bond acceptors (Lipinski definition) is 5. The maximum absolute atomic E-state index is 13.4. The summed E-state index contributed by atoms with van der Waals surface area (Å²) in [5.41, 5.74) is 0.814. The summed E-state index contributed by atoms with van der Waals surface area (Å²) in [5.74, 6) is 2.40. The smallest absolute Gasteiger partial charge is 0.224 e. The number of anilines is 1. The Morgan fingerprint density at radius 2 is 2.14 bits per heavy atom. The third-order valence-corrected chi connectivity index (χ3v) is 4.71. The maximum atomic E-state index is 13.4. The van der Waals surface area contributed by atoms with Crippen LogP contribution in [0, 0.1) is 6.92 Å². The lowest BCUT2D eigenvalue weighted by Gasteiger charge is -2.46. The molecule has 0 amide bonds. The molecule has 1 fully saturated rings. The van der Waals surface area contributed by atoms with E-state index in [1.54, 1.807) is 6.20 Å². The van der Waals surface area contributed by atoms with Gasteiger partial charge >= 0.3 is 0 Å². The molecule has 0 spiro atoms. The first kappa shape index (κ1) is 13.9. The van der Waals surface area contributed by atoms with Crippen LogP contribution in [0.15, 0.2) is 6.20 Å². The summed E-state index contributed by atoms with van der Waals surface area (Å²) in [7, 11) is 0. The van der Waals surface area contributed by atoms with Crippen LogP contribution in [-0.2, 0) is 0 Å². The summed E-state index contributed by atoms with van der Waals surface area (Å²) in [5, 5.41) is 8.72. The number of alkyl halides is 1. The van der Waals surface area contributed by atoms with Gasteiger partial charge in [0.15, 0.2) is 11.6 Å². The Labute approximate surface area is 132 Å². The van der Waals surface area contributed by atoms with Gasteiger partial charge in [-0.15, -0.1) is 10.2 Å². The van der Waals surface area contributed by atoms with E-state index in [2.05, 4.69) is 32.0 Å². The monoisotopic (exact) mass is 322 g/mol. The van der Waals surface area contributed by atoms with Crippen molar-refractivity contribution >= 4 is 17.4 Å². The second kappa shape index (κ2) is 4.87. The van der Waals surface area contributed by atoms with E-state index in [0.717, 1.165) is 29.6 Å². The van der Waals surface area contributed by atoms with E-state index in [0.29, 0.717) is 12.8 Å². The Balaban J connectivity index is 1.91. The van der Waals surface area contributed by atoms with E-state index < -0.39 is 6.17 Å². The molecule has 8 heteroatoms. The zero-order chi connectivity index (χ0) is 15.4. The highest BCUT2D eigenvalue weighted by Gasteiger charge is 2.43. The molecule has 0 aromatic carbocycles.